The monoisotopic (exact) mass is 450 g/mol. The zero-order valence-electron chi connectivity index (χ0n) is 19.1. The van der Waals surface area contributed by atoms with Crippen LogP contribution in [0.2, 0.25) is 0 Å². The Bertz CT molecular complexity index is 1200. The third-order valence-electron chi connectivity index (χ3n) is 6.71. The van der Waals surface area contributed by atoms with Crippen LogP contribution in [0.3, 0.4) is 0 Å². The molecule has 6 nitrogen and oxygen atoms in total. The highest BCUT2D eigenvalue weighted by Crippen LogP contribution is 2.43. The van der Waals surface area contributed by atoms with E-state index in [1.54, 1.807) is 0 Å². The van der Waals surface area contributed by atoms with Gasteiger partial charge in [0.15, 0.2) is 0 Å². The summed E-state index contributed by atoms with van der Waals surface area (Å²) in [6.45, 7) is 2.40. The number of benzene rings is 4. The molecule has 6 heteroatoms. The largest absolute Gasteiger partial charge is 0.399 e. The van der Waals surface area contributed by atoms with Crippen LogP contribution in [0.4, 0.5) is 34.1 Å². The molecule has 0 spiro atoms. The van der Waals surface area contributed by atoms with Gasteiger partial charge in [0.1, 0.15) is 5.54 Å². The summed E-state index contributed by atoms with van der Waals surface area (Å²) in [5.41, 5.74) is 31.2. The second kappa shape index (κ2) is 8.56. The quantitative estimate of drug-likeness (QED) is 0.345. The topological polar surface area (TPSA) is 111 Å². The van der Waals surface area contributed by atoms with Crippen LogP contribution in [0.25, 0.3) is 0 Å². The smallest absolute Gasteiger partial charge is 0.108 e. The standard InChI is InChI=1S/C28H30N6/c29-22-5-1-20(2-6-22)28(21-3-7-23(30)8-4-21)19-33(26-13-9-24(31)10-14-26)17-18-34(28)27-15-11-25(32)12-16-27/h1-16H,17-19,29-32H2. The summed E-state index contributed by atoms with van der Waals surface area (Å²) in [6.07, 6.45) is 0. The number of hydrogen-bond donors (Lipinski definition) is 4. The van der Waals surface area contributed by atoms with E-state index in [0.717, 1.165) is 64.9 Å². The van der Waals surface area contributed by atoms with Gasteiger partial charge in [0.25, 0.3) is 0 Å². The first-order valence-corrected chi connectivity index (χ1v) is 11.4. The van der Waals surface area contributed by atoms with Crippen molar-refractivity contribution in [1.82, 2.24) is 0 Å². The van der Waals surface area contributed by atoms with Crippen molar-refractivity contribution in [2.24, 2.45) is 0 Å². The molecule has 0 aliphatic carbocycles. The Labute approximate surface area is 200 Å². The molecule has 0 unspecified atom stereocenters. The van der Waals surface area contributed by atoms with E-state index in [4.69, 9.17) is 22.9 Å². The van der Waals surface area contributed by atoms with E-state index in [-0.39, 0.29) is 0 Å². The minimum atomic E-state index is -0.489. The normalized spacial score (nSPS) is 15.3. The highest BCUT2D eigenvalue weighted by atomic mass is 15.3. The molecule has 34 heavy (non-hydrogen) atoms. The molecule has 8 N–H and O–H groups in total. The van der Waals surface area contributed by atoms with Gasteiger partial charge in [-0.25, -0.2) is 0 Å². The summed E-state index contributed by atoms with van der Waals surface area (Å²) >= 11 is 0. The minimum Gasteiger partial charge on any atom is -0.399 e. The van der Waals surface area contributed by atoms with Crippen LogP contribution in [0, 0.1) is 0 Å². The van der Waals surface area contributed by atoms with E-state index in [9.17, 15) is 0 Å². The van der Waals surface area contributed by atoms with Crippen molar-refractivity contribution in [1.29, 1.82) is 0 Å². The lowest BCUT2D eigenvalue weighted by Crippen LogP contribution is -2.61. The lowest BCUT2D eigenvalue weighted by Gasteiger charge is -2.53. The van der Waals surface area contributed by atoms with Crippen molar-refractivity contribution in [3.8, 4) is 0 Å². The molecule has 0 radical (unpaired) electrons. The van der Waals surface area contributed by atoms with Crippen molar-refractivity contribution < 1.29 is 0 Å². The van der Waals surface area contributed by atoms with Gasteiger partial charge >= 0.3 is 0 Å². The Hall–Kier alpha value is -4.32. The second-order valence-corrected chi connectivity index (χ2v) is 8.86. The van der Waals surface area contributed by atoms with Crippen LogP contribution < -0.4 is 32.7 Å². The molecule has 1 heterocycles. The van der Waals surface area contributed by atoms with E-state index in [0.29, 0.717) is 0 Å². The number of anilines is 6. The summed E-state index contributed by atoms with van der Waals surface area (Å²) in [5.74, 6) is 0. The number of nitrogens with zero attached hydrogens (tertiary/aromatic N) is 2. The third kappa shape index (κ3) is 3.83. The fourth-order valence-corrected chi connectivity index (χ4v) is 4.94. The molecule has 1 aliphatic heterocycles. The number of nitrogens with two attached hydrogens (primary N) is 4. The van der Waals surface area contributed by atoms with Crippen molar-refractivity contribution >= 4 is 34.1 Å². The summed E-state index contributed by atoms with van der Waals surface area (Å²) in [7, 11) is 0. The Morgan fingerprint density at radius 3 is 1.29 bits per heavy atom. The van der Waals surface area contributed by atoms with Crippen molar-refractivity contribution in [3.63, 3.8) is 0 Å². The molecular formula is C28H30N6. The van der Waals surface area contributed by atoms with Gasteiger partial charge in [-0.3, -0.25) is 0 Å². The summed E-state index contributed by atoms with van der Waals surface area (Å²) in [6, 6.07) is 32.6. The molecule has 4 aromatic carbocycles. The van der Waals surface area contributed by atoms with E-state index in [1.165, 1.54) is 0 Å². The van der Waals surface area contributed by atoms with Gasteiger partial charge in [-0.05, 0) is 83.9 Å². The SMILES string of the molecule is Nc1ccc(N2CCN(c3ccc(N)cc3)C(c3ccc(N)cc3)(c3ccc(N)cc3)C2)cc1. The van der Waals surface area contributed by atoms with Crippen LogP contribution in [0.1, 0.15) is 11.1 Å². The molecule has 5 rings (SSSR count). The molecule has 0 atom stereocenters. The predicted octanol–water partition coefficient (Wildman–Crippen LogP) is 4.29. The molecule has 0 bridgehead atoms. The van der Waals surface area contributed by atoms with Gasteiger partial charge in [0, 0.05) is 53.8 Å². The maximum Gasteiger partial charge on any atom is 0.108 e. The molecule has 1 fully saturated rings. The second-order valence-electron chi connectivity index (χ2n) is 8.86. The first-order chi connectivity index (χ1) is 16.5. The first kappa shape index (κ1) is 21.5. The summed E-state index contributed by atoms with van der Waals surface area (Å²) < 4.78 is 0. The molecular weight excluding hydrogens is 420 g/mol. The van der Waals surface area contributed by atoms with Crippen LogP contribution >= 0.6 is 0 Å². The van der Waals surface area contributed by atoms with Crippen molar-refractivity contribution in [3.05, 3.63) is 108 Å². The van der Waals surface area contributed by atoms with Crippen LogP contribution in [0.15, 0.2) is 97.1 Å². The fraction of sp³-hybridized carbons (Fsp3) is 0.143. The van der Waals surface area contributed by atoms with Gasteiger partial charge in [-0.2, -0.15) is 0 Å². The van der Waals surface area contributed by atoms with E-state index >= 15 is 0 Å². The third-order valence-corrected chi connectivity index (χ3v) is 6.71. The number of hydrogen-bond acceptors (Lipinski definition) is 6. The molecule has 0 amide bonds. The highest BCUT2D eigenvalue weighted by molar-refractivity contribution is 5.65. The number of piperazine rings is 1. The van der Waals surface area contributed by atoms with E-state index < -0.39 is 5.54 Å². The molecule has 0 aromatic heterocycles. The zero-order valence-corrected chi connectivity index (χ0v) is 19.1. The molecule has 172 valence electrons. The predicted molar refractivity (Wildman–Crippen MR) is 144 cm³/mol. The van der Waals surface area contributed by atoms with Crippen LogP contribution in [0.5, 0.6) is 0 Å². The molecule has 1 saturated heterocycles. The van der Waals surface area contributed by atoms with Crippen LogP contribution in [-0.4, -0.2) is 19.6 Å². The fourth-order valence-electron chi connectivity index (χ4n) is 4.94. The number of nitrogen functional groups attached to an aromatic ring is 4. The van der Waals surface area contributed by atoms with Crippen molar-refractivity contribution in [2.75, 3.05) is 52.4 Å². The van der Waals surface area contributed by atoms with Gasteiger partial charge < -0.3 is 32.7 Å². The van der Waals surface area contributed by atoms with Gasteiger partial charge in [-0.1, -0.05) is 24.3 Å². The molecule has 4 aromatic rings. The lowest BCUT2D eigenvalue weighted by atomic mass is 9.78. The lowest BCUT2D eigenvalue weighted by molar-refractivity contribution is 0.425. The number of rotatable bonds is 4. The zero-order chi connectivity index (χ0) is 23.7. The van der Waals surface area contributed by atoms with Gasteiger partial charge in [-0.15, -0.1) is 0 Å². The van der Waals surface area contributed by atoms with Gasteiger partial charge in [0.2, 0.25) is 0 Å². The van der Waals surface area contributed by atoms with Gasteiger partial charge in [0.05, 0.1) is 0 Å². The first-order valence-electron chi connectivity index (χ1n) is 11.4. The maximum atomic E-state index is 6.09. The van der Waals surface area contributed by atoms with E-state index in [2.05, 4.69) is 58.3 Å². The molecule has 1 aliphatic rings. The Morgan fingerprint density at radius 1 is 0.471 bits per heavy atom. The maximum absolute atomic E-state index is 6.09. The summed E-state index contributed by atoms with van der Waals surface area (Å²) in [4.78, 5) is 4.89. The highest BCUT2D eigenvalue weighted by Gasteiger charge is 2.45. The Balaban J connectivity index is 1.72. The minimum absolute atomic E-state index is 0.489. The average Bonchev–Trinajstić information content (AvgIpc) is 2.86. The Kier molecular flexibility index (Phi) is 5.42. The van der Waals surface area contributed by atoms with Crippen LogP contribution in [-0.2, 0) is 5.54 Å². The molecule has 0 saturated carbocycles. The summed E-state index contributed by atoms with van der Waals surface area (Å²) in [5, 5.41) is 0. The van der Waals surface area contributed by atoms with E-state index in [1.807, 2.05) is 48.5 Å². The van der Waals surface area contributed by atoms with Crippen molar-refractivity contribution in [2.45, 2.75) is 5.54 Å². The Morgan fingerprint density at radius 2 is 0.853 bits per heavy atom. The average molecular weight is 451 g/mol.